The number of hydrogen-bond donors (Lipinski definition) is 1. The Morgan fingerprint density at radius 1 is 1.24 bits per heavy atom. The quantitative estimate of drug-likeness (QED) is 0.582. The zero-order chi connectivity index (χ0) is 23.1. The topological polar surface area (TPSA) is 76.8 Å². The molecule has 0 saturated carbocycles. The standard InChI is InChI=1S/C26H29N3O4/c1-16(2)29-24-7-4-18(9-23(24)17(3)27-29)14-32-22-6-5-20-8-19(15-33-25(20)10-22)11-28-12-21(13-28)26(30)31/h4-10,16,21H,11-15H2,1-3H3,(H,30,31). The van der Waals surface area contributed by atoms with Gasteiger partial charge in [0.2, 0.25) is 0 Å². The predicted octanol–water partition coefficient (Wildman–Crippen LogP) is 4.30. The Bertz CT molecular complexity index is 1240. The fourth-order valence-electron chi connectivity index (χ4n) is 4.51. The van der Waals surface area contributed by atoms with Crippen LogP contribution in [0.4, 0.5) is 0 Å². The van der Waals surface area contributed by atoms with Crippen LogP contribution in [0.1, 0.15) is 36.7 Å². The number of carboxylic acid groups (broad SMARTS) is 1. The van der Waals surface area contributed by atoms with Crippen molar-refractivity contribution < 1.29 is 19.4 Å². The summed E-state index contributed by atoms with van der Waals surface area (Å²) in [6.07, 6.45) is 2.14. The maximum atomic E-state index is 11.0. The molecule has 7 nitrogen and oxygen atoms in total. The molecule has 33 heavy (non-hydrogen) atoms. The van der Waals surface area contributed by atoms with E-state index in [0.29, 0.717) is 32.3 Å². The van der Waals surface area contributed by atoms with Gasteiger partial charge in [-0.05, 0) is 62.2 Å². The molecule has 5 rings (SSSR count). The summed E-state index contributed by atoms with van der Waals surface area (Å²) in [6, 6.07) is 12.6. The molecule has 7 heteroatoms. The van der Waals surface area contributed by atoms with Gasteiger partial charge in [-0.2, -0.15) is 5.10 Å². The number of benzene rings is 2. The van der Waals surface area contributed by atoms with Gasteiger partial charge in [0, 0.05) is 42.7 Å². The minimum atomic E-state index is -0.710. The Hall–Kier alpha value is -3.32. The number of ether oxygens (including phenoxy) is 2. The van der Waals surface area contributed by atoms with E-state index in [9.17, 15) is 4.79 Å². The highest BCUT2D eigenvalue weighted by Gasteiger charge is 2.32. The predicted molar refractivity (Wildman–Crippen MR) is 127 cm³/mol. The third-order valence-electron chi connectivity index (χ3n) is 6.34. The van der Waals surface area contributed by atoms with Gasteiger partial charge in [-0.25, -0.2) is 0 Å². The van der Waals surface area contributed by atoms with E-state index in [0.717, 1.165) is 51.3 Å². The van der Waals surface area contributed by atoms with Gasteiger partial charge in [0.25, 0.3) is 0 Å². The number of rotatable bonds is 7. The second kappa shape index (κ2) is 8.56. The van der Waals surface area contributed by atoms with Gasteiger partial charge in [-0.1, -0.05) is 6.07 Å². The molecule has 1 N–H and O–H groups in total. The zero-order valence-corrected chi connectivity index (χ0v) is 19.2. The summed E-state index contributed by atoms with van der Waals surface area (Å²) >= 11 is 0. The van der Waals surface area contributed by atoms with Gasteiger partial charge in [0.1, 0.15) is 24.7 Å². The van der Waals surface area contributed by atoms with E-state index >= 15 is 0 Å². The van der Waals surface area contributed by atoms with Crippen LogP contribution in [0.25, 0.3) is 17.0 Å². The lowest BCUT2D eigenvalue weighted by Crippen LogP contribution is -2.51. The van der Waals surface area contributed by atoms with Gasteiger partial charge in [-0.3, -0.25) is 14.4 Å². The number of aromatic nitrogens is 2. The number of aliphatic carboxylic acids is 1. The van der Waals surface area contributed by atoms with Gasteiger partial charge >= 0.3 is 5.97 Å². The molecule has 0 atom stereocenters. The van der Waals surface area contributed by atoms with Crippen LogP contribution in [0.5, 0.6) is 11.5 Å². The Morgan fingerprint density at radius 3 is 2.82 bits per heavy atom. The Labute approximate surface area is 193 Å². The van der Waals surface area contributed by atoms with E-state index in [4.69, 9.17) is 14.6 Å². The summed E-state index contributed by atoms with van der Waals surface area (Å²) in [5.41, 5.74) is 5.46. The van der Waals surface area contributed by atoms with E-state index in [1.165, 1.54) is 0 Å². The zero-order valence-electron chi connectivity index (χ0n) is 19.2. The van der Waals surface area contributed by atoms with Crippen molar-refractivity contribution >= 4 is 22.9 Å². The van der Waals surface area contributed by atoms with E-state index in [2.05, 4.69) is 52.8 Å². The number of likely N-dealkylation sites (tertiary alicyclic amines) is 1. The molecular weight excluding hydrogens is 418 g/mol. The maximum Gasteiger partial charge on any atom is 0.309 e. The van der Waals surface area contributed by atoms with E-state index < -0.39 is 5.97 Å². The largest absolute Gasteiger partial charge is 0.489 e. The van der Waals surface area contributed by atoms with Gasteiger partial charge in [-0.15, -0.1) is 0 Å². The molecule has 1 saturated heterocycles. The lowest BCUT2D eigenvalue weighted by atomic mass is 9.98. The monoisotopic (exact) mass is 447 g/mol. The minimum Gasteiger partial charge on any atom is -0.489 e. The van der Waals surface area contributed by atoms with Crippen LogP contribution < -0.4 is 9.47 Å². The molecule has 172 valence electrons. The molecule has 1 fully saturated rings. The Balaban J connectivity index is 1.23. The lowest BCUT2D eigenvalue weighted by Gasteiger charge is -2.37. The first kappa shape index (κ1) is 21.5. The number of carboxylic acids is 1. The molecule has 0 radical (unpaired) electrons. The van der Waals surface area contributed by atoms with Crippen molar-refractivity contribution in [2.45, 2.75) is 33.4 Å². The average Bonchev–Trinajstić information content (AvgIpc) is 3.10. The Morgan fingerprint density at radius 2 is 2.06 bits per heavy atom. The first-order valence-corrected chi connectivity index (χ1v) is 11.4. The summed E-state index contributed by atoms with van der Waals surface area (Å²) in [4.78, 5) is 13.1. The third-order valence-corrected chi connectivity index (χ3v) is 6.34. The molecule has 0 aliphatic carbocycles. The molecule has 0 amide bonds. The summed E-state index contributed by atoms with van der Waals surface area (Å²) in [6.45, 7) is 9.27. The molecule has 0 unspecified atom stereocenters. The second-order valence-electron chi connectivity index (χ2n) is 9.28. The first-order chi connectivity index (χ1) is 15.9. The molecule has 2 aliphatic heterocycles. The summed E-state index contributed by atoms with van der Waals surface area (Å²) in [5.74, 6) is 0.636. The van der Waals surface area contributed by atoms with Crippen molar-refractivity contribution in [3.63, 3.8) is 0 Å². The molecule has 2 aliphatic rings. The van der Waals surface area contributed by atoms with Crippen LogP contribution in [-0.4, -0.2) is 52.0 Å². The summed E-state index contributed by atoms with van der Waals surface area (Å²) in [5, 5.41) is 14.9. The minimum absolute atomic E-state index is 0.238. The molecule has 0 bridgehead atoms. The van der Waals surface area contributed by atoms with Crippen molar-refractivity contribution in [2.24, 2.45) is 5.92 Å². The fourth-order valence-corrected chi connectivity index (χ4v) is 4.51. The van der Waals surface area contributed by atoms with Crippen LogP contribution in [-0.2, 0) is 11.4 Å². The van der Waals surface area contributed by atoms with E-state index in [1.807, 2.05) is 25.1 Å². The summed E-state index contributed by atoms with van der Waals surface area (Å²) < 4.78 is 14.1. The molecule has 3 heterocycles. The Kier molecular flexibility index (Phi) is 5.58. The van der Waals surface area contributed by atoms with Gasteiger partial charge in [0.05, 0.1) is 17.1 Å². The van der Waals surface area contributed by atoms with Crippen LogP contribution in [0.2, 0.25) is 0 Å². The molecule has 3 aromatic rings. The third kappa shape index (κ3) is 4.33. The highest BCUT2D eigenvalue weighted by atomic mass is 16.5. The number of carbonyl (C=O) groups is 1. The highest BCUT2D eigenvalue weighted by Crippen LogP contribution is 2.32. The normalized spacial score (nSPS) is 16.3. The number of fused-ring (bicyclic) bond motifs is 2. The highest BCUT2D eigenvalue weighted by molar-refractivity contribution is 5.82. The van der Waals surface area contributed by atoms with Crippen LogP contribution in [0.15, 0.2) is 42.0 Å². The van der Waals surface area contributed by atoms with Crippen molar-refractivity contribution in [3.8, 4) is 11.5 Å². The van der Waals surface area contributed by atoms with Crippen molar-refractivity contribution in [1.29, 1.82) is 0 Å². The van der Waals surface area contributed by atoms with Gasteiger partial charge in [0.15, 0.2) is 0 Å². The fraction of sp³-hybridized carbons (Fsp3) is 0.385. The molecule has 2 aromatic carbocycles. The second-order valence-corrected chi connectivity index (χ2v) is 9.28. The van der Waals surface area contributed by atoms with E-state index in [1.54, 1.807) is 0 Å². The first-order valence-electron chi connectivity index (χ1n) is 11.4. The van der Waals surface area contributed by atoms with Crippen LogP contribution in [0, 0.1) is 12.8 Å². The molecule has 1 aromatic heterocycles. The van der Waals surface area contributed by atoms with Crippen molar-refractivity contribution in [2.75, 3.05) is 26.2 Å². The van der Waals surface area contributed by atoms with E-state index in [-0.39, 0.29) is 5.92 Å². The SMILES string of the molecule is Cc1nn(C(C)C)c2ccc(COc3ccc4c(c3)OCC(CN3CC(C(=O)O)C3)=C4)cc12. The van der Waals surface area contributed by atoms with Crippen LogP contribution in [0.3, 0.4) is 0 Å². The van der Waals surface area contributed by atoms with Crippen molar-refractivity contribution in [1.82, 2.24) is 14.7 Å². The smallest absolute Gasteiger partial charge is 0.309 e. The molecular formula is C26H29N3O4. The summed E-state index contributed by atoms with van der Waals surface area (Å²) in [7, 11) is 0. The lowest BCUT2D eigenvalue weighted by molar-refractivity contribution is -0.147. The van der Waals surface area contributed by atoms with Crippen molar-refractivity contribution in [3.05, 3.63) is 58.8 Å². The number of hydrogen-bond acceptors (Lipinski definition) is 5. The van der Waals surface area contributed by atoms with Crippen LogP contribution >= 0.6 is 0 Å². The number of aryl methyl sites for hydroxylation is 1. The average molecular weight is 448 g/mol. The number of nitrogens with zero attached hydrogens (tertiary/aromatic N) is 3. The maximum absolute atomic E-state index is 11.0. The van der Waals surface area contributed by atoms with Gasteiger partial charge < -0.3 is 14.6 Å². The molecule has 0 spiro atoms.